The van der Waals surface area contributed by atoms with Crippen molar-refractivity contribution in [1.82, 2.24) is 4.90 Å². The Hall–Kier alpha value is -0.830. The summed E-state index contributed by atoms with van der Waals surface area (Å²) in [7, 11) is 0. The van der Waals surface area contributed by atoms with E-state index in [0.717, 1.165) is 31.5 Å². The maximum absolute atomic E-state index is 11.9. The highest BCUT2D eigenvalue weighted by atomic mass is 16.2. The number of allylic oxidation sites excluding steroid dienone is 1. The summed E-state index contributed by atoms with van der Waals surface area (Å²) in [6, 6.07) is 0.187. The maximum atomic E-state index is 11.9. The zero-order valence-electron chi connectivity index (χ0n) is 9.99. The minimum atomic E-state index is 0.169. The second-order valence-electron chi connectivity index (χ2n) is 4.48. The van der Waals surface area contributed by atoms with Crippen LogP contribution in [-0.2, 0) is 4.79 Å². The molecule has 2 atom stereocenters. The van der Waals surface area contributed by atoms with Gasteiger partial charge in [0, 0.05) is 24.7 Å². The van der Waals surface area contributed by atoms with Gasteiger partial charge in [0.15, 0.2) is 0 Å². The first-order chi connectivity index (χ1) is 7.06. The number of carbonyl (C=O) groups excluding carboxylic acids is 1. The molecule has 1 heterocycles. The standard InChI is InChI=1S/C12H22N2O/c1-4-9(2)12(15)14-7-5-6-11(8-14)10(3)13/h4,10-11H,5-8,13H2,1-3H3/b9-4-. The molecule has 1 saturated heterocycles. The predicted octanol–water partition coefficient (Wildman–Crippen LogP) is 1.54. The molecule has 86 valence electrons. The molecule has 0 radical (unpaired) electrons. The van der Waals surface area contributed by atoms with Crippen LogP contribution in [0.3, 0.4) is 0 Å². The lowest BCUT2D eigenvalue weighted by atomic mass is 9.92. The molecular formula is C12H22N2O. The summed E-state index contributed by atoms with van der Waals surface area (Å²) in [5, 5.41) is 0. The normalized spacial score (nSPS) is 25.2. The first-order valence-corrected chi connectivity index (χ1v) is 5.74. The fourth-order valence-corrected chi connectivity index (χ4v) is 2.00. The number of rotatable bonds is 2. The van der Waals surface area contributed by atoms with Crippen LogP contribution in [0.2, 0.25) is 0 Å². The van der Waals surface area contributed by atoms with Crippen LogP contribution in [0.4, 0.5) is 0 Å². The number of likely N-dealkylation sites (tertiary alicyclic amines) is 1. The lowest BCUT2D eigenvalue weighted by Crippen LogP contribution is -2.45. The van der Waals surface area contributed by atoms with E-state index in [1.807, 2.05) is 31.7 Å². The fraction of sp³-hybridized carbons (Fsp3) is 0.750. The summed E-state index contributed by atoms with van der Waals surface area (Å²) in [5.74, 6) is 0.634. The Balaban J connectivity index is 2.60. The van der Waals surface area contributed by atoms with Gasteiger partial charge < -0.3 is 10.6 Å². The molecule has 1 fully saturated rings. The number of hydrogen-bond acceptors (Lipinski definition) is 2. The third-order valence-corrected chi connectivity index (χ3v) is 3.26. The van der Waals surface area contributed by atoms with E-state index in [1.54, 1.807) is 0 Å². The van der Waals surface area contributed by atoms with E-state index in [2.05, 4.69) is 0 Å². The van der Waals surface area contributed by atoms with Crippen molar-refractivity contribution in [1.29, 1.82) is 0 Å². The van der Waals surface area contributed by atoms with Crippen molar-refractivity contribution in [2.24, 2.45) is 11.7 Å². The van der Waals surface area contributed by atoms with Crippen LogP contribution < -0.4 is 5.73 Å². The number of nitrogens with two attached hydrogens (primary N) is 1. The minimum absolute atomic E-state index is 0.169. The number of carbonyl (C=O) groups is 1. The summed E-state index contributed by atoms with van der Waals surface area (Å²) in [6.07, 6.45) is 4.10. The molecule has 1 aliphatic heterocycles. The lowest BCUT2D eigenvalue weighted by molar-refractivity contribution is -0.128. The quantitative estimate of drug-likeness (QED) is 0.703. The van der Waals surface area contributed by atoms with Crippen molar-refractivity contribution in [2.45, 2.75) is 39.7 Å². The third-order valence-electron chi connectivity index (χ3n) is 3.26. The summed E-state index contributed by atoms with van der Waals surface area (Å²) in [4.78, 5) is 13.9. The van der Waals surface area contributed by atoms with Crippen LogP contribution in [0.5, 0.6) is 0 Å². The minimum Gasteiger partial charge on any atom is -0.339 e. The monoisotopic (exact) mass is 210 g/mol. The van der Waals surface area contributed by atoms with Gasteiger partial charge in [-0.25, -0.2) is 0 Å². The van der Waals surface area contributed by atoms with Crippen molar-refractivity contribution >= 4 is 5.91 Å². The number of amides is 1. The zero-order valence-corrected chi connectivity index (χ0v) is 9.99. The molecule has 15 heavy (non-hydrogen) atoms. The molecule has 0 bridgehead atoms. The molecule has 3 nitrogen and oxygen atoms in total. The zero-order chi connectivity index (χ0) is 11.4. The average Bonchev–Trinajstić information content (AvgIpc) is 2.27. The fourth-order valence-electron chi connectivity index (χ4n) is 2.00. The van der Waals surface area contributed by atoms with Crippen molar-refractivity contribution in [3.63, 3.8) is 0 Å². The molecule has 0 spiro atoms. The summed E-state index contributed by atoms with van der Waals surface area (Å²) in [5.41, 5.74) is 6.72. The van der Waals surface area contributed by atoms with Gasteiger partial charge in [-0.15, -0.1) is 0 Å². The highest BCUT2D eigenvalue weighted by Gasteiger charge is 2.25. The molecule has 0 aromatic carbocycles. The predicted molar refractivity (Wildman–Crippen MR) is 62.4 cm³/mol. The number of piperidine rings is 1. The summed E-state index contributed by atoms with van der Waals surface area (Å²) in [6.45, 7) is 7.51. The van der Waals surface area contributed by atoms with Gasteiger partial charge in [0.25, 0.3) is 0 Å². The Morgan fingerprint density at radius 3 is 2.80 bits per heavy atom. The molecule has 2 N–H and O–H groups in total. The molecule has 1 aliphatic rings. The molecule has 0 aromatic heterocycles. The van der Waals surface area contributed by atoms with Crippen LogP contribution in [0.25, 0.3) is 0 Å². The third kappa shape index (κ3) is 3.06. The topological polar surface area (TPSA) is 46.3 Å². The highest BCUT2D eigenvalue weighted by molar-refractivity contribution is 5.92. The smallest absolute Gasteiger partial charge is 0.249 e. The van der Waals surface area contributed by atoms with E-state index in [0.29, 0.717) is 5.92 Å². The van der Waals surface area contributed by atoms with Crippen molar-refractivity contribution in [2.75, 3.05) is 13.1 Å². The molecular weight excluding hydrogens is 188 g/mol. The Bertz CT molecular complexity index is 258. The van der Waals surface area contributed by atoms with Gasteiger partial charge in [-0.1, -0.05) is 6.08 Å². The second kappa shape index (κ2) is 5.31. The van der Waals surface area contributed by atoms with E-state index in [4.69, 9.17) is 5.73 Å². The Kier molecular flexibility index (Phi) is 4.33. The number of nitrogens with zero attached hydrogens (tertiary/aromatic N) is 1. The van der Waals surface area contributed by atoms with Crippen LogP contribution in [0, 0.1) is 5.92 Å². The summed E-state index contributed by atoms with van der Waals surface area (Å²) < 4.78 is 0. The molecule has 1 amide bonds. The number of hydrogen-bond donors (Lipinski definition) is 1. The van der Waals surface area contributed by atoms with E-state index in [9.17, 15) is 4.79 Å². The first kappa shape index (κ1) is 12.2. The molecule has 3 heteroatoms. The van der Waals surface area contributed by atoms with Crippen LogP contribution in [-0.4, -0.2) is 29.9 Å². The van der Waals surface area contributed by atoms with Gasteiger partial charge in [-0.05, 0) is 39.5 Å². The molecule has 2 unspecified atom stereocenters. The van der Waals surface area contributed by atoms with Crippen molar-refractivity contribution in [3.05, 3.63) is 11.6 Å². The van der Waals surface area contributed by atoms with Gasteiger partial charge in [0.05, 0.1) is 0 Å². The van der Waals surface area contributed by atoms with E-state index in [-0.39, 0.29) is 11.9 Å². The molecule has 0 aliphatic carbocycles. The Morgan fingerprint density at radius 2 is 2.27 bits per heavy atom. The van der Waals surface area contributed by atoms with E-state index < -0.39 is 0 Å². The van der Waals surface area contributed by atoms with Crippen LogP contribution in [0.1, 0.15) is 33.6 Å². The Morgan fingerprint density at radius 1 is 1.60 bits per heavy atom. The largest absolute Gasteiger partial charge is 0.339 e. The van der Waals surface area contributed by atoms with Gasteiger partial charge in [-0.2, -0.15) is 0 Å². The van der Waals surface area contributed by atoms with Gasteiger partial charge >= 0.3 is 0 Å². The van der Waals surface area contributed by atoms with Gasteiger partial charge in [0.2, 0.25) is 5.91 Å². The Labute approximate surface area is 92.3 Å². The lowest BCUT2D eigenvalue weighted by Gasteiger charge is -2.34. The van der Waals surface area contributed by atoms with Gasteiger partial charge in [-0.3, -0.25) is 4.79 Å². The first-order valence-electron chi connectivity index (χ1n) is 5.74. The van der Waals surface area contributed by atoms with Crippen LogP contribution in [0.15, 0.2) is 11.6 Å². The van der Waals surface area contributed by atoms with Crippen molar-refractivity contribution in [3.8, 4) is 0 Å². The highest BCUT2D eigenvalue weighted by Crippen LogP contribution is 2.20. The average molecular weight is 210 g/mol. The molecule has 1 rings (SSSR count). The maximum Gasteiger partial charge on any atom is 0.249 e. The SMILES string of the molecule is C/C=C(/C)C(=O)N1CCCC(C(C)N)C1. The molecule has 0 saturated carbocycles. The van der Waals surface area contributed by atoms with Crippen molar-refractivity contribution < 1.29 is 4.79 Å². The summed E-state index contributed by atoms with van der Waals surface area (Å²) >= 11 is 0. The van der Waals surface area contributed by atoms with E-state index in [1.165, 1.54) is 0 Å². The van der Waals surface area contributed by atoms with Crippen LogP contribution >= 0.6 is 0 Å². The second-order valence-corrected chi connectivity index (χ2v) is 4.48. The van der Waals surface area contributed by atoms with E-state index >= 15 is 0 Å². The molecule has 0 aromatic rings. The van der Waals surface area contributed by atoms with Gasteiger partial charge in [0.1, 0.15) is 0 Å².